The highest BCUT2D eigenvalue weighted by Gasteiger charge is 1.84. The Bertz CT molecular complexity index is 52.6. The second kappa shape index (κ2) is 1.82. The second-order valence-electron chi connectivity index (χ2n) is 1.02. The smallest absolute Gasteiger partial charge is 0.172 e. The van der Waals surface area contributed by atoms with Crippen molar-refractivity contribution in [1.82, 2.24) is 5.32 Å². The van der Waals surface area contributed by atoms with Crippen LogP contribution in [0.25, 0.3) is 0 Å². The van der Waals surface area contributed by atoms with E-state index in [4.69, 9.17) is 4.74 Å². The van der Waals surface area contributed by atoms with Crippen LogP contribution in [0.4, 0.5) is 0 Å². The first-order chi connectivity index (χ1) is 3.00. The van der Waals surface area contributed by atoms with Gasteiger partial charge in [-0.3, -0.25) is 0 Å². The van der Waals surface area contributed by atoms with Gasteiger partial charge in [0.05, 0.1) is 6.61 Å². The highest BCUT2D eigenvalue weighted by atomic mass is 16.5. The summed E-state index contributed by atoms with van der Waals surface area (Å²) in [6, 6.07) is 0. The standard InChI is InChI=1S/C4H6NO/c1-2-5-4-6-3-1/h1-2,4-5H,3H2. The van der Waals surface area contributed by atoms with E-state index in [9.17, 15) is 0 Å². The molecule has 1 heterocycles. The summed E-state index contributed by atoms with van der Waals surface area (Å²) < 4.78 is 4.75. The molecule has 0 aromatic carbocycles. The zero-order chi connectivity index (χ0) is 4.24. The van der Waals surface area contributed by atoms with E-state index in [2.05, 4.69) is 5.32 Å². The van der Waals surface area contributed by atoms with Crippen LogP contribution in [-0.4, -0.2) is 6.61 Å². The van der Waals surface area contributed by atoms with Crippen molar-refractivity contribution in [3.05, 3.63) is 19.0 Å². The van der Waals surface area contributed by atoms with Crippen LogP contribution in [0.15, 0.2) is 12.3 Å². The van der Waals surface area contributed by atoms with E-state index in [1.807, 2.05) is 12.3 Å². The maximum Gasteiger partial charge on any atom is 0.172 e. The van der Waals surface area contributed by atoms with Gasteiger partial charge >= 0.3 is 0 Å². The molecule has 0 atom stereocenters. The van der Waals surface area contributed by atoms with Gasteiger partial charge in [0.2, 0.25) is 0 Å². The predicted octanol–water partition coefficient (Wildman–Crippen LogP) is 0.239. The third-order valence-corrected chi connectivity index (χ3v) is 0.558. The molecule has 0 aromatic heterocycles. The van der Waals surface area contributed by atoms with Crippen LogP contribution < -0.4 is 5.32 Å². The van der Waals surface area contributed by atoms with Crippen LogP contribution in [0.2, 0.25) is 0 Å². The van der Waals surface area contributed by atoms with Crippen molar-refractivity contribution < 1.29 is 4.74 Å². The highest BCUT2D eigenvalue weighted by Crippen LogP contribution is 1.83. The largest absolute Gasteiger partial charge is 0.363 e. The van der Waals surface area contributed by atoms with Gasteiger partial charge in [-0.05, 0) is 12.3 Å². The Morgan fingerprint density at radius 3 is 2.83 bits per heavy atom. The van der Waals surface area contributed by atoms with E-state index in [1.165, 1.54) is 0 Å². The molecule has 0 unspecified atom stereocenters. The van der Waals surface area contributed by atoms with E-state index in [0.29, 0.717) is 6.61 Å². The van der Waals surface area contributed by atoms with Crippen molar-refractivity contribution in [3.63, 3.8) is 0 Å². The lowest BCUT2D eigenvalue weighted by Crippen LogP contribution is -2.08. The SMILES string of the molecule is [CH]1NC=CCO1. The molecular formula is C4H6NO. The fourth-order valence-corrected chi connectivity index (χ4v) is 0.307. The van der Waals surface area contributed by atoms with Gasteiger partial charge < -0.3 is 10.1 Å². The Balaban J connectivity index is 2.26. The van der Waals surface area contributed by atoms with Crippen molar-refractivity contribution in [1.29, 1.82) is 0 Å². The molecule has 1 aliphatic rings. The molecule has 6 heavy (non-hydrogen) atoms. The van der Waals surface area contributed by atoms with Crippen LogP contribution in [0, 0.1) is 6.73 Å². The van der Waals surface area contributed by atoms with Crippen LogP contribution in [-0.2, 0) is 4.74 Å². The minimum atomic E-state index is 0.701. The topological polar surface area (TPSA) is 21.3 Å². The average molecular weight is 84.1 g/mol. The molecule has 33 valence electrons. The Labute approximate surface area is 36.8 Å². The molecule has 1 radical (unpaired) electrons. The predicted molar refractivity (Wildman–Crippen MR) is 22.5 cm³/mol. The number of hydrogen-bond acceptors (Lipinski definition) is 2. The van der Waals surface area contributed by atoms with E-state index >= 15 is 0 Å². The second-order valence-corrected chi connectivity index (χ2v) is 1.02. The van der Waals surface area contributed by atoms with E-state index in [-0.39, 0.29) is 0 Å². The van der Waals surface area contributed by atoms with Crippen LogP contribution >= 0.6 is 0 Å². The van der Waals surface area contributed by atoms with Crippen molar-refractivity contribution in [3.8, 4) is 0 Å². The molecule has 0 fully saturated rings. The fourth-order valence-electron chi connectivity index (χ4n) is 0.307. The maximum absolute atomic E-state index is 4.75. The lowest BCUT2D eigenvalue weighted by Gasteiger charge is -2.02. The first kappa shape index (κ1) is 3.68. The van der Waals surface area contributed by atoms with Crippen molar-refractivity contribution in [2.75, 3.05) is 6.61 Å². The number of nitrogens with one attached hydrogen (secondary N) is 1. The number of ether oxygens (including phenoxy) is 1. The molecule has 2 nitrogen and oxygen atoms in total. The van der Waals surface area contributed by atoms with E-state index in [0.717, 1.165) is 0 Å². The minimum absolute atomic E-state index is 0.701. The summed E-state index contributed by atoms with van der Waals surface area (Å²) in [6.07, 6.45) is 3.74. The monoisotopic (exact) mass is 84.0 g/mol. The van der Waals surface area contributed by atoms with E-state index in [1.54, 1.807) is 6.73 Å². The van der Waals surface area contributed by atoms with Gasteiger partial charge in [0, 0.05) is 0 Å². The summed E-state index contributed by atoms with van der Waals surface area (Å²) in [5, 5.41) is 2.76. The van der Waals surface area contributed by atoms with Crippen LogP contribution in [0.3, 0.4) is 0 Å². The Hall–Kier alpha value is -0.500. The van der Waals surface area contributed by atoms with Crippen molar-refractivity contribution in [2.24, 2.45) is 0 Å². The number of hydrogen-bond donors (Lipinski definition) is 1. The normalized spacial score (nSPS) is 20.0. The van der Waals surface area contributed by atoms with Gasteiger partial charge in [0.1, 0.15) is 0 Å². The molecule has 0 aliphatic carbocycles. The molecule has 0 aromatic rings. The van der Waals surface area contributed by atoms with Gasteiger partial charge in [-0.25, -0.2) is 0 Å². The lowest BCUT2D eigenvalue weighted by atomic mass is 10.6. The molecule has 0 saturated heterocycles. The molecule has 0 saturated carbocycles. The van der Waals surface area contributed by atoms with Gasteiger partial charge in [-0.1, -0.05) is 0 Å². The van der Waals surface area contributed by atoms with E-state index < -0.39 is 0 Å². The summed E-state index contributed by atoms with van der Waals surface area (Å²) in [7, 11) is 0. The molecule has 1 aliphatic heterocycles. The molecule has 0 spiro atoms. The van der Waals surface area contributed by atoms with Gasteiger partial charge in [-0.2, -0.15) is 0 Å². The maximum atomic E-state index is 4.75. The summed E-state index contributed by atoms with van der Waals surface area (Å²) in [4.78, 5) is 0. The summed E-state index contributed by atoms with van der Waals surface area (Å²) in [5.74, 6) is 0. The molecule has 1 N–H and O–H groups in total. The summed E-state index contributed by atoms with van der Waals surface area (Å²) in [6.45, 7) is 2.26. The molecule has 1 rings (SSSR count). The Morgan fingerprint density at radius 2 is 2.67 bits per heavy atom. The lowest BCUT2D eigenvalue weighted by molar-refractivity contribution is 0.209. The zero-order valence-corrected chi connectivity index (χ0v) is 3.35. The van der Waals surface area contributed by atoms with Crippen LogP contribution in [0.5, 0.6) is 0 Å². The summed E-state index contributed by atoms with van der Waals surface area (Å²) in [5.41, 5.74) is 0. The fraction of sp³-hybridized carbons (Fsp3) is 0.250. The molecule has 0 bridgehead atoms. The summed E-state index contributed by atoms with van der Waals surface area (Å²) >= 11 is 0. The van der Waals surface area contributed by atoms with Crippen molar-refractivity contribution in [2.45, 2.75) is 0 Å². The molecular weight excluding hydrogens is 78.0 g/mol. The molecule has 0 amide bonds. The number of rotatable bonds is 0. The van der Waals surface area contributed by atoms with Crippen LogP contribution in [0.1, 0.15) is 0 Å². The molecule has 2 heteroatoms. The first-order valence-corrected chi connectivity index (χ1v) is 1.84. The zero-order valence-electron chi connectivity index (χ0n) is 3.35. The van der Waals surface area contributed by atoms with Gasteiger partial charge in [0.15, 0.2) is 6.73 Å². The average Bonchev–Trinajstić information content (AvgIpc) is 1.72. The van der Waals surface area contributed by atoms with Crippen molar-refractivity contribution >= 4 is 0 Å². The first-order valence-electron chi connectivity index (χ1n) is 1.84. The Kier molecular flexibility index (Phi) is 1.12. The minimum Gasteiger partial charge on any atom is -0.363 e. The third-order valence-electron chi connectivity index (χ3n) is 0.558. The van der Waals surface area contributed by atoms with Gasteiger partial charge in [-0.15, -0.1) is 0 Å². The van der Waals surface area contributed by atoms with Gasteiger partial charge in [0.25, 0.3) is 0 Å². The highest BCUT2D eigenvalue weighted by molar-refractivity contribution is 4.84. The Morgan fingerprint density at radius 1 is 1.67 bits per heavy atom. The third kappa shape index (κ3) is 0.723. The quantitative estimate of drug-likeness (QED) is 0.454.